The van der Waals surface area contributed by atoms with E-state index in [0.29, 0.717) is 5.56 Å². The van der Waals surface area contributed by atoms with Gasteiger partial charge in [0.05, 0.1) is 7.11 Å². The van der Waals surface area contributed by atoms with Crippen molar-refractivity contribution in [2.24, 2.45) is 5.73 Å². The number of carbonyl (C=O) groups excluding carboxylic acids is 3. The SMILES string of the molecule is COC(=Cc1cccc(O)c1)C(=O)OCC1=C(C(=O)O)N2C(=O)C(NC(=O)CCCC(N)C(=O)O)(OC)C2SC1. The van der Waals surface area contributed by atoms with Crippen molar-refractivity contribution in [2.75, 3.05) is 26.6 Å². The smallest absolute Gasteiger partial charge is 0.373 e. The average molecular weight is 580 g/mol. The first-order valence-corrected chi connectivity index (χ1v) is 13.0. The molecule has 1 aromatic carbocycles. The van der Waals surface area contributed by atoms with E-state index in [9.17, 15) is 34.2 Å². The Kier molecular flexibility index (Phi) is 9.78. The van der Waals surface area contributed by atoms with Gasteiger partial charge >= 0.3 is 17.9 Å². The predicted octanol–water partition coefficient (Wildman–Crippen LogP) is 0.218. The fraction of sp³-hybridized carbons (Fsp3) is 0.400. The van der Waals surface area contributed by atoms with Gasteiger partial charge in [-0.05, 0) is 36.6 Å². The molecule has 0 radical (unpaired) electrons. The summed E-state index contributed by atoms with van der Waals surface area (Å²) in [5, 5.41) is 29.9. The third-order valence-corrected chi connectivity index (χ3v) is 7.54. The molecule has 0 aliphatic carbocycles. The van der Waals surface area contributed by atoms with E-state index in [4.69, 9.17) is 25.1 Å². The molecule has 0 saturated carbocycles. The van der Waals surface area contributed by atoms with Crippen LogP contribution in [-0.2, 0) is 38.2 Å². The number of phenolic OH excluding ortho intramolecular Hbond substituents is 1. The van der Waals surface area contributed by atoms with Crippen molar-refractivity contribution in [3.05, 3.63) is 46.9 Å². The highest BCUT2D eigenvalue weighted by atomic mass is 32.2. The van der Waals surface area contributed by atoms with Crippen molar-refractivity contribution < 1.29 is 53.5 Å². The predicted molar refractivity (Wildman–Crippen MR) is 139 cm³/mol. The lowest BCUT2D eigenvalue weighted by molar-refractivity contribution is -0.192. The van der Waals surface area contributed by atoms with E-state index in [1.54, 1.807) is 12.1 Å². The number of nitrogens with zero attached hydrogens (tertiary/aromatic N) is 1. The molecule has 3 atom stereocenters. The first-order chi connectivity index (χ1) is 18.9. The number of methoxy groups -OCH3 is 2. The summed E-state index contributed by atoms with van der Waals surface area (Å²) in [6, 6.07) is 4.92. The number of nitrogens with two attached hydrogens (primary N) is 1. The standard InChI is InChI=1S/C25H29N3O11S/c1-37-17(10-13-5-3-6-15(29)9-13)22(35)39-11-14-12-40-24-25(38-2,23(36)28(24)19(14)21(33)34)27-18(30)8-4-7-16(26)20(31)32/h3,5-6,9-10,16,24,29H,4,7-8,11-12,26H2,1-2H3,(H,27,30)(H,31,32)(H,33,34). The molecular formula is C25H29N3O11S. The van der Waals surface area contributed by atoms with Gasteiger partial charge in [-0.1, -0.05) is 12.1 Å². The first kappa shape index (κ1) is 30.5. The van der Waals surface area contributed by atoms with Crippen LogP contribution in [0.5, 0.6) is 5.75 Å². The monoisotopic (exact) mass is 579 g/mol. The van der Waals surface area contributed by atoms with Crippen LogP contribution in [0, 0.1) is 0 Å². The first-order valence-electron chi connectivity index (χ1n) is 11.9. The molecule has 216 valence electrons. The molecule has 40 heavy (non-hydrogen) atoms. The lowest BCUT2D eigenvalue weighted by atomic mass is 9.97. The Labute approximate surface area is 232 Å². The van der Waals surface area contributed by atoms with Gasteiger partial charge in [0.1, 0.15) is 29.5 Å². The van der Waals surface area contributed by atoms with Gasteiger partial charge in [0.15, 0.2) is 0 Å². The van der Waals surface area contributed by atoms with Crippen molar-refractivity contribution in [1.29, 1.82) is 0 Å². The Balaban J connectivity index is 1.71. The highest BCUT2D eigenvalue weighted by Gasteiger charge is 2.66. The van der Waals surface area contributed by atoms with E-state index in [0.717, 1.165) is 16.7 Å². The molecule has 0 aromatic heterocycles. The van der Waals surface area contributed by atoms with Gasteiger partial charge in [-0.3, -0.25) is 19.3 Å². The van der Waals surface area contributed by atoms with E-state index in [-0.39, 0.29) is 42.1 Å². The summed E-state index contributed by atoms with van der Waals surface area (Å²) in [4.78, 5) is 62.2. The van der Waals surface area contributed by atoms with Crippen LogP contribution in [0.2, 0.25) is 0 Å². The minimum Gasteiger partial charge on any atom is -0.508 e. The largest absolute Gasteiger partial charge is 0.508 e. The molecule has 0 spiro atoms. The number of rotatable bonds is 13. The van der Waals surface area contributed by atoms with Crippen molar-refractivity contribution in [2.45, 2.75) is 36.4 Å². The number of nitrogens with one attached hydrogen (secondary N) is 1. The fourth-order valence-corrected chi connectivity index (χ4v) is 5.54. The normalized spacial score (nSPS) is 21.2. The van der Waals surface area contributed by atoms with Crippen LogP contribution in [0.1, 0.15) is 24.8 Å². The maximum atomic E-state index is 13.2. The zero-order valence-corrected chi connectivity index (χ0v) is 22.4. The molecule has 1 aromatic rings. The lowest BCUT2D eigenvalue weighted by Crippen LogP contribution is -2.80. The number of benzene rings is 1. The van der Waals surface area contributed by atoms with Crippen LogP contribution in [0.25, 0.3) is 6.08 Å². The molecule has 2 aliphatic heterocycles. The minimum atomic E-state index is -1.83. The summed E-state index contributed by atoms with van der Waals surface area (Å²) >= 11 is 1.10. The Morgan fingerprint density at radius 1 is 1.27 bits per heavy atom. The molecule has 15 heteroatoms. The van der Waals surface area contributed by atoms with E-state index >= 15 is 0 Å². The number of amides is 2. The molecule has 14 nitrogen and oxygen atoms in total. The minimum absolute atomic E-state index is 0.0208. The number of ether oxygens (including phenoxy) is 3. The quantitative estimate of drug-likeness (QED) is 0.0696. The Morgan fingerprint density at radius 3 is 2.60 bits per heavy atom. The second-order valence-electron chi connectivity index (χ2n) is 8.80. The summed E-state index contributed by atoms with van der Waals surface area (Å²) in [5.41, 5.74) is 3.82. The van der Waals surface area contributed by atoms with Gasteiger partial charge in [-0.15, -0.1) is 11.8 Å². The van der Waals surface area contributed by atoms with Crippen molar-refractivity contribution >= 4 is 47.6 Å². The summed E-state index contributed by atoms with van der Waals surface area (Å²) < 4.78 is 15.7. The maximum Gasteiger partial charge on any atom is 0.373 e. The number of aromatic hydroxyl groups is 1. The second kappa shape index (κ2) is 12.8. The molecule has 2 amide bonds. The van der Waals surface area contributed by atoms with Crippen LogP contribution in [0.4, 0.5) is 0 Å². The summed E-state index contributed by atoms with van der Waals surface area (Å²) in [7, 11) is 2.44. The van der Waals surface area contributed by atoms with Gasteiger partial charge < -0.3 is 40.6 Å². The summed E-state index contributed by atoms with van der Waals surface area (Å²) in [6.07, 6.45) is 1.40. The zero-order valence-electron chi connectivity index (χ0n) is 21.6. The number of aliphatic carboxylic acids is 2. The Bertz CT molecular complexity index is 1260. The molecule has 1 saturated heterocycles. The van der Waals surface area contributed by atoms with Crippen LogP contribution in [0.15, 0.2) is 41.3 Å². The molecule has 3 rings (SSSR count). The molecule has 6 N–H and O–H groups in total. The second-order valence-corrected chi connectivity index (χ2v) is 9.87. The number of fused-ring (bicyclic) bond motifs is 1. The van der Waals surface area contributed by atoms with Crippen molar-refractivity contribution in [3.63, 3.8) is 0 Å². The number of hydrogen-bond acceptors (Lipinski definition) is 11. The number of esters is 1. The lowest BCUT2D eigenvalue weighted by Gasteiger charge is -2.55. The summed E-state index contributed by atoms with van der Waals surface area (Å²) in [5.74, 6) is -5.14. The van der Waals surface area contributed by atoms with E-state index in [1.807, 2.05) is 0 Å². The van der Waals surface area contributed by atoms with E-state index < -0.39 is 59.2 Å². The molecular weight excluding hydrogens is 550 g/mol. The highest BCUT2D eigenvalue weighted by molar-refractivity contribution is 8.00. The molecule has 3 unspecified atom stereocenters. The van der Waals surface area contributed by atoms with Gasteiger partial charge in [0, 0.05) is 24.9 Å². The van der Waals surface area contributed by atoms with Gasteiger partial charge in [0.2, 0.25) is 11.7 Å². The number of hydrogen-bond donors (Lipinski definition) is 5. The maximum absolute atomic E-state index is 13.2. The van der Waals surface area contributed by atoms with Crippen LogP contribution in [0.3, 0.4) is 0 Å². The van der Waals surface area contributed by atoms with E-state index in [1.165, 1.54) is 32.4 Å². The van der Waals surface area contributed by atoms with Crippen LogP contribution in [-0.4, -0.2) is 93.7 Å². The number of β-lactam (4-membered cyclic amide) rings is 1. The Hall–Kier alpha value is -4.08. The van der Waals surface area contributed by atoms with Crippen LogP contribution < -0.4 is 11.1 Å². The topological polar surface area (TPSA) is 215 Å². The molecule has 2 heterocycles. The molecule has 2 aliphatic rings. The van der Waals surface area contributed by atoms with E-state index in [2.05, 4.69) is 5.32 Å². The number of carboxylic acid groups (broad SMARTS) is 2. The van der Waals surface area contributed by atoms with Gasteiger partial charge in [-0.25, -0.2) is 9.59 Å². The Morgan fingerprint density at radius 2 is 2.00 bits per heavy atom. The number of phenols is 1. The van der Waals surface area contributed by atoms with Crippen LogP contribution >= 0.6 is 11.8 Å². The zero-order chi connectivity index (χ0) is 29.6. The van der Waals surface area contributed by atoms with Gasteiger partial charge in [-0.2, -0.15) is 0 Å². The number of carbonyl (C=O) groups is 5. The summed E-state index contributed by atoms with van der Waals surface area (Å²) in [6.45, 7) is -0.457. The molecule has 1 fully saturated rings. The fourth-order valence-electron chi connectivity index (χ4n) is 4.12. The van der Waals surface area contributed by atoms with Gasteiger partial charge in [0.25, 0.3) is 11.6 Å². The highest BCUT2D eigenvalue weighted by Crippen LogP contribution is 2.46. The molecule has 0 bridgehead atoms. The number of carboxylic acids is 2. The third kappa shape index (κ3) is 6.38. The van der Waals surface area contributed by atoms with Crippen molar-refractivity contribution in [1.82, 2.24) is 10.2 Å². The number of thioether (sulfide) groups is 1. The average Bonchev–Trinajstić information content (AvgIpc) is 2.92. The third-order valence-electron chi connectivity index (χ3n) is 6.16. The van der Waals surface area contributed by atoms with Crippen molar-refractivity contribution in [3.8, 4) is 5.75 Å².